The van der Waals surface area contributed by atoms with Crippen LogP contribution in [0.15, 0.2) is 70.9 Å². The maximum Gasteiger partial charge on any atom is 0.349 e. The summed E-state index contributed by atoms with van der Waals surface area (Å²) >= 11 is 1.10. The predicted octanol–water partition coefficient (Wildman–Crippen LogP) is 4.99. The van der Waals surface area contributed by atoms with Crippen LogP contribution < -0.4 is 0 Å². The van der Waals surface area contributed by atoms with Crippen molar-refractivity contribution in [1.29, 1.82) is 0 Å². The van der Waals surface area contributed by atoms with Crippen molar-refractivity contribution >= 4 is 32.9 Å². The zero-order valence-electron chi connectivity index (χ0n) is 17.4. The number of rotatable bonds is 5. The van der Waals surface area contributed by atoms with Gasteiger partial charge in [0, 0.05) is 24.0 Å². The van der Waals surface area contributed by atoms with Gasteiger partial charge in [0.2, 0.25) is 10.0 Å². The van der Waals surface area contributed by atoms with Gasteiger partial charge in [0.25, 0.3) is 0 Å². The van der Waals surface area contributed by atoms with Crippen LogP contribution in [0.3, 0.4) is 0 Å². The van der Waals surface area contributed by atoms with Gasteiger partial charge >= 0.3 is 5.97 Å². The van der Waals surface area contributed by atoms with Gasteiger partial charge in [0.1, 0.15) is 9.77 Å². The number of thiophene rings is 1. The Bertz CT molecular complexity index is 1230. The first-order valence-electron chi connectivity index (χ1n) is 9.93. The van der Waals surface area contributed by atoms with Gasteiger partial charge in [-0.2, -0.15) is 4.31 Å². The van der Waals surface area contributed by atoms with E-state index in [0.717, 1.165) is 33.6 Å². The van der Waals surface area contributed by atoms with Gasteiger partial charge in [-0.3, -0.25) is 0 Å². The van der Waals surface area contributed by atoms with Gasteiger partial charge in [-0.05, 0) is 30.0 Å². The second-order valence-corrected chi connectivity index (χ2v) is 10.1. The van der Waals surface area contributed by atoms with E-state index in [9.17, 15) is 13.2 Å². The molecular weight excluding hydrogens is 430 g/mol. The van der Waals surface area contributed by atoms with E-state index >= 15 is 0 Å². The summed E-state index contributed by atoms with van der Waals surface area (Å²) in [5, 5.41) is 1.72. The van der Waals surface area contributed by atoms with Gasteiger partial charge in [-0.25, -0.2) is 13.2 Å². The second-order valence-electron chi connectivity index (χ2n) is 7.37. The molecule has 0 radical (unpaired) electrons. The van der Waals surface area contributed by atoms with Gasteiger partial charge in [-0.1, -0.05) is 66.2 Å². The SMILES string of the molecule is COC(=O)c1scc(-c2ccc(C)cc2)c1S(=O)(=O)N1CC=C(c2ccccc2)CC1. The minimum Gasteiger partial charge on any atom is -0.465 e. The van der Waals surface area contributed by atoms with Crippen LogP contribution in [0.2, 0.25) is 0 Å². The fourth-order valence-corrected chi connectivity index (χ4v) is 6.74. The third kappa shape index (κ3) is 4.21. The summed E-state index contributed by atoms with van der Waals surface area (Å²) in [6, 6.07) is 17.6. The molecular formula is C24H23NO4S2. The monoisotopic (exact) mass is 453 g/mol. The van der Waals surface area contributed by atoms with Crippen molar-refractivity contribution in [2.24, 2.45) is 0 Å². The molecule has 3 aromatic rings. The van der Waals surface area contributed by atoms with Crippen LogP contribution in [0.1, 0.15) is 27.2 Å². The summed E-state index contributed by atoms with van der Waals surface area (Å²) in [6.07, 6.45) is 2.56. The molecule has 2 aromatic carbocycles. The highest BCUT2D eigenvalue weighted by Crippen LogP contribution is 2.38. The first-order chi connectivity index (χ1) is 14.9. The Balaban J connectivity index is 1.74. The van der Waals surface area contributed by atoms with E-state index in [4.69, 9.17) is 4.74 Å². The highest BCUT2D eigenvalue weighted by atomic mass is 32.2. The molecule has 1 aliphatic heterocycles. The van der Waals surface area contributed by atoms with Crippen molar-refractivity contribution in [2.75, 3.05) is 20.2 Å². The molecule has 0 saturated carbocycles. The molecule has 0 amide bonds. The normalized spacial score (nSPS) is 14.8. The summed E-state index contributed by atoms with van der Waals surface area (Å²) in [7, 11) is -2.64. The van der Waals surface area contributed by atoms with Crippen LogP contribution in [0.25, 0.3) is 16.7 Å². The predicted molar refractivity (Wildman–Crippen MR) is 124 cm³/mol. The maximum absolute atomic E-state index is 13.7. The van der Waals surface area contributed by atoms with Crippen LogP contribution in [0.4, 0.5) is 0 Å². The molecule has 31 heavy (non-hydrogen) atoms. The maximum atomic E-state index is 13.7. The number of esters is 1. The van der Waals surface area contributed by atoms with Gasteiger partial charge < -0.3 is 4.74 Å². The Hall–Kier alpha value is -2.74. The third-order valence-corrected chi connectivity index (χ3v) is 8.43. The average molecular weight is 454 g/mol. The Morgan fingerprint density at radius 3 is 2.35 bits per heavy atom. The van der Waals surface area contributed by atoms with Crippen LogP contribution in [-0.2, 0) is 14.8 Å². The highest BCUT2D eigenvalue weighted by molar-refractivity contribution is 7.89. The van der Waals surface area contributed by atoms with E-state index in [1.807, 2.05) is 67.6 Å². The molecule has 0 aliphatic carbocycles. The molecule has 160 valence electrons. The van der Waals surface area contributed by atoms with E-state index in [2.05, 4.69) is 0 Å². The van der Waals surface area contributed by atoms with Crippen molar-refractivity contribution < 1.29 is 17.9 Å². The Morgan fingerprint density at radius 2 is 1.74 bits per heavy atom. The minimum absolute atomic E-state index is 0.0322. The summed E-state index contributed by atoms with van der Waals surface area (Å²) in [5.74, 6) is -0.639. The number of benzene rings is 2. The number of hydrogen-bond donors (Lipinski definition) is 0. The molecule has 0 N–H and O–H groups in total. The molecule has 2 heterocycles. The van der Waals surface area contributed by atoms with E-state index in [-0.39, 0.29) is 16.3 Å². The van der Waals surface area contributed by atoms with Gasteiger partial charge in [0.05, 0.1) is 7.11 Å². The van der Waals surface area contributed by atoms with E-state index in [1.165, 1.54) is 11.4 Å². The third-order valence-electron chi connectivity index (χ3n) is 5.39. The molecule has 0 spiro atoms. The number of methoxy groups -OCH3 is 1. The number of hydrogen-bond acceptors (Lipinski definition) is 5. The van der Waals surface area contributed by atoms with Crippen LogP contribution in [0, 0.1) is 6.92 Å². The van der Waals surface area contributed by atoms with E-state index in [0.29, 0.717) is 18.5 Å². The number of carbonyl (C=O) groups excluding carboxylic acids is 1. The largest absolute Gasteiger partial charge is 0.465 e. The lowest BCUT2D eigenvalue weighted by molar-refractivity contribution is 0.0602. The summed E-state index contributed by atoms with van der Waals surface area (Å²) < 4.78 is 33.7. The molecule has 0 fully saturated rings. The van der Waals surface area contributed by atoms with Crippen molar-refractivity contribution in [2.45, 2.75) is 18.2 Å². The zero-order chi connectivity index (χ0) is 22.0. The standard InChI is InChI=1S/C24H23NO4S2/c1-17-8-10-20(11-9-17)21-16-30-22(24(26)29-2)23(21)31(27,28)25-14-12-19(13-15-25)18-6-4-3-5-7-18/h3-12,16H,13-15H2,1-2H3. The lowest BCUT2D eigenvalue weighted by Crippen LogP contribution is -2.35. The molecule has 7 heteroatoms. The van der Waals surface area contributed by atoms with Crippen molar-refractivity contribution in [3.8, 4) is 11.1 Å². The molecule has 4 rings (SSSR count). The van der Waals surface area contributed by atoms with E-state index in [1.54, 1.807) is 5.38 Å². The van der Waals surface area contributed by atoms with Crippen LogP contribution >= 0.6 is 11.3 Å². The first kappa shape index (κ1) is 21.5. The smallest absolute Gasteiger partial charge is 0.349 e. The van der Waals surface area contributed by atoms with Gasteiger partial charge in [-0.15, -0.1) is 11.3 Å². The van der Waals surface area contributed by atoms with Crippen molar-refractivity contribution in [1.82, 2.24) is 4.31 Å². The highest BCUT2D eigenvalue weighted by Gasteiger charge is 2.35. The summed E-state index contributed by atoms with van der Waals surface area (Å²) in [5.41, 5.74) is 4.59. The van der Waals surface area contributed by atoms with Crippen LogP contribution in [0.5, 0.6) is 0 Å². The molecule has 1 aromatic heterocycles. The Kier molecular flexibility index (Phi) is 6.09. The summed E-state index contributed by atoms with van der Waals surface area (Å²) in [6.45, 7) is 2.59. The Labute approximate surface area is 186 Å². The van der Waals surface area contributed by atoms with Gasteiger partial charge in [0.15, 0.2) is 0 Å². The molecule has 0 atom stereocenters. The molecule has 5 nitrogen and oxygen atoms in total. The van der Waals surface area contributed by atoms with Crippen LogP contribution in [-0.4, -0.2) is 38.9 Å². The zero-order valence-corrected chi connectivity index (χ0v) is 19.0. The average Bonchev–Trinajstić information content (AvgIpc) is 3.26. The summed E-state index contributed by atoms with van der Waals surface area (Å²) in [4.78, 5) is 12.5. The molecule has 0 unspecified atom stereocenters. The molecule has 0 bridgehead atoms. The van der Waals surface area contributed by atoms with Crippen molar-refractivity contribution in [3.05, 3.63) is 82.1 Å². The first-order valence-corrected chi connectivity index (χ1v) is 12.2. The van der Waals surface area contributed by atoms with E-state index < -0.39 is 16.0 Å². The number of nitrogens with zero attached hydrogens (tertiary/aromatic N) is 1. The fraction of sp³-hybridized carbons (Fsp3) is 0.208. The second kappa shape index (κ2) is 8.78. The Morgan fingerprint density at radius 1 is 1.03 bits per heavy atom. The number of sulfonamides is 1. The quantitative estimate of drug-likeness (QED) is 0.511. The lowest BCUT2D eigenvalue weighted by atomic mass is 10.0. The van der Waals surface area contributed by atoms with Crippen molar-refractivity contribution in [3.63, 3.8) is 0 Å². The molecule has 1 aliphatic rings. The minimum atomic E-state index is -3.90. The molecule has 0 saturated heterocycles. The number of ether oxygens (including phenoxy) is 1. The fourth-order valence-electron chi connectivity index (χ4n) is 3.68. The number of carbonyl (C=O) groups is 1. The topological polar surface area (TPSA) is 63.7 Å². The lowest BCUT2D eigenvalue weighted by Gasteiger charge is -2.26. The number of aryl methyl sites for hydroxylation is 1.